The summed E-state index contributed by atoms with van der Waals surface area (Å²) in [5, 5.41) is 4.68. The molecule has 0 atom stereocenters. The molecule has 8 aromatic carbocycles. The van der Waals surface area contributed by atoms with Crippen molar-refractivity contribution in [1.29, 1.82) is 0 Å². The van der Waals surface area contributed by atoms with Gasteiger partial charge in [-0.25, -0.2) is 15.0 Å². The molecular weight excluding hydrogens is 663 g/mol. The monoisotopic (exact) mass is 693 g/mol. The smallest absolute Gasteiger partial charge is 0.165 e. The molecule has 53 heavy (non-hydrogen) atoms. The van der Waals surface area contributed by atoms with E-state index >= 15 is 0 Å². The second-order valence-corrected chi connectivity index (χ2v) is 14.2. The molecule has 10 rings (SSSR count). The Bertz CT molecular complexity index is 2950. The molecule has 10 aromatic rings. The summed E-state index contributed by atoms with van der Waals surface area (Å²) in [4.78, 5) is 15.9. The molecule has 0 spiro atoms. The van der Waals surface area contributed by atoms with Crippen molar-refractivity contribution in [3.05, 3.63) is 188 Å². The lowest BCUT2D eigenvalue weighted by atomic mass is 9.86. The molecule has 248 valence electrons. The number of hydrogen-bond acceptors (Lipinski definition) is 4. The number of thiophene rings is 1. The third-order valence-corrected chi connectivity index (χ3v) is 11.2. The van der Waals surface area contributed by atoms with Gasteiger partial charge in [0.15, 0.2) is 17.5 Å². The average Bonchev–Trinajstić information content (AvgIpc) is 3.63. The maximum atomic E-state index is 5.41. The Morgan fingerprint density at radius 3 is 1.60 bits per heavy atom. The molecule has 0 saturated carbocycles. The number of rotatable bonds is 6. The zero-order valence-corrected chi connectivity index (χ0v) is 29.5. The minimum absolute atomic E-state index is 0.643. The Hall–Kier alpha value is -6.75. The van der Waals surface area contributed by atoms with Crippen LogP contribution in [0.3, 0.4) is 0 Å². The number of benzene rings is 8. The average molecular weight is 694 g/mol. The van der Waals surface area contributed by atoms with E-state index in [9.17, 15) is 0 Å². The van der Waals surface area contributed by atoms with Crippen molar-refractivity contribution in [3.8, 4) is 67.5 Å². The van der Waals surface area contributed by atoms with Crippen molar-refractivity contribution in [2.75, 3.05) is 0 Å². The van der Waals surface area contributed by atoms with Crippen LogP contribution in [0.5, 0.6) is 0 Å². The zero-order valence-electron chi connectivity index (χ0n) is 28.6. The van der Waals surface area contributed by atoms with Gasteiger partial charge < -0.3 is 0 Å². The molecule has 0 aliphatic rings. The van der Waals surface area contributed by atoms with E-state index in [1.165, 1.54) is 36.9 Å². The normalized spacial score (nSPS) is 11.4. The lowest BCUT2D eigenvalue weighted by Gasteiger charge is -2.19. The Kier molecular flexibility index (Phi) is 7.67. The van der Waals surface area contributed by atoms with Crippen LogP contribution < -0.4 is 0 Å². The quantitative estimate of drug-likeness (QED) is 0.174. The predicted octanol–water partition coefficient (Wildman–Crippen LogP) is 13.4. The van der Waals surface area contributed by atoms with Gasteiger partial charge in [0, 0.05) is 36.9 Å². The first-order chi connectivity index (χ1) is 26.3. The first-order valence-corrected chi connectivity index (χ1v) is 18.6. The van der Waals surface area contributed by atoms with Gasteiger partial charge in [-0.1, -0.05) is 176 Å². The fraction of sp³-hybridized carbons (Fsp3) is 0. The molecule has 2 heterocycles. The van der Waals surface area contributed by atoms with Gasteiger partial charge in [0.1, 0.15) is 0 Å². The molecule has 0 bridgehead atoms. The zero-order chi connectivity index (χ0) is 35.1. The van der Waals surface area contributed by atoms with Crippen molar-refractivity contribution < 1.29 is 0 Å². The minimum Gasteiger partial charge on any atom is -0.208 e. The number of nitrogens with zero attached hydrogens (tertiary/aromatic N) is 3. The van der Waals surface area contributed by atoms with Gasteiger partial charge in [-0.2, -0.15) is 0 Å². The molecule has 2 aromatic heterocycles. The number of fused-ring (bicyclic) bond motifs is 4. The highest BCUT2D eigenvalue weighted by Gasteiger charge is 2.22. The molecule has 3 nitrogen and oxygen atoms in total. The molecule has 0 N–H and O–H groups in total. The van der Waals surface area contributed by atoms with Gasteiger partial charge in [-0.05, 0) is 56.3 Å². The van der Waals surface area contributed by atoms with Crippen molar-refractivity contribution >= 4 is 42.3 Å². The molecule has 0 saturated heterocycles. The van der Waals surface area contributed by atoms with Crippen LogP contribution in [0.15, 0.2) is 188 Å². The summed E-state index contributed by atoms with van der Waals surface area (Å²) in [6, 6.07) is 66.3. The topological polar surface area (TPSA) is 38.7 Å². The van der Waals surface area contributed by atoms with Gasteiger partial charge in [0.25, 0.3) is 0 Å². The van der Waals surface area contributed by atoms with E-state index in [4.69, 9.17) is 15.0 Å². The minimum atomic E-state index is 0.643. The van der Waals surface area contributed by atoms with Crippen LogP contribution in [0.1, 0.15) is 0 Å². The third kappa shape index (κ3) is 5.48. The SMILES string of the molecule is c1ccc(-c2nc(-c3c(-c4ccccc4-c4ccccc4-c4ccccc4)ccc4ccccc34)nc(-c3cccc4c3sc3ccccc34)n2)cc1. The molecule has 0 aliphatic carbocycles. The first-order valence-electron chi connectivity index (χ1n) is 17.8. The Morgan fingerprint density at radius 1 is 0.302 bits per heavy atom. The third-order valence-electron chi connectivity index (χ3n) is 9.98. The highest BCUT2D eigenvalue weighted by molar-refractivity contribution is 7.26. The predicted molar refractivity (Wildman–Crippen MR) is 223 cm³/mol. The molecule has 0 aliphatic heterocycles. The summed E-state index contributed by atoms with van der Waals surface area (Å²) in [6.07, 6.45) is 0. The van der Waals surface area contributed by atoms with E-state index in [1.807, 2.05) is 18.2 Å². The second kappa shape index (κ2) is 13.1. The van der Waals surface area contributed by atoms with Crippen molar-refractivity contribution in [2.45, 2.75) is 0 Å². The van der Waals surface area contributed by atoms with Crippen LogP contribution in [-0.4, -0.2) is 15.0 Å². The van der Waals surface area contributed by atoms with Gasteiger partial charge >= 0.3 is 0 Å². The van der Waals surface area contributed by atoms with E-state index in [0.717, 1.165) is 44.2 Å². The van der Waals surface area contributed by atoms with Gasteiger partial charge in [0.05, 0.1) is 0 Å². The van der Waals surface area contributed by atoms with Crippen LogP contribution in [0.25, 0.3) is 98.5 Å². The van der Waals surface area contributed by atoms with E-state index in [2.05, 4.69) is 170 Å². The van der Waals surface area contributed by atoms with Gasteiger partial charge in [0.2, 0.25) is 0 Å². The lowest BCUT2D eigenvalue weighted by molar-refractivity contribution is 1.08. The number of aromatic nitrogens is 3. The van der Waals surface area contributed by atoms with Crippen molar-refractivity contribution in [1.82, 2.24) is 15.0 Å². The van der Waals surface area contributed by atoms with E-state index in [-0.39, 0.29) is 0 Å². The first kappa shape index (κ1) is 31.0. The maximum Gasteiger partial charge on any atom is 0.165 e. The summed E-state index contributed by atoms with van der Waals surface area (Å²) >= 11 is 1.79. The Labute approximate surface area is 311 Å². The summed E-state index contributed by atoms with van der Waals surface area (Å²) in [7, 11) is 0. The summed E-state index contributed by atoms with van der Waals surface area (Å²) in [5.41, 5.74) is 9.81. The largest absolute Gasteiger partial charge is 0.208 e. The van der Waals surface area contributed by atoms with Gasteiger partial charge in [-0.15, -0.1) is 11.3 Å². The van der Waals surface area contributed by atoms with E-state index in [1.54, 1.807) is 11.3 Å². The standard InChI is InChI=1S/C49H31N3S/c1-3-16-32(17-4-1)35-21-9-10-23-37(35)38-24-11-12-25-39(38)41-31-30-33-18-7-8-22-36(33)45(41)49-51-47(34-19-5-2-6-20-34)50-48(52-49)43-28-15-27-42-40-26-13-14-29-44(40)53-46(42)43/h1-31H. The van der Waals surface area contributed by atoms with E-state index in [0.29, 0.717) is 17.5 Å². The van der Waals surface area contributed by atoms with E-state index < -0.39 is 0 Å². The Balaban J connectivity index is 1.26. The maximum absolute atomic E-state index is 5.41. The second-order valence-electron chi connectivity index (χ2n) is 13.1. The van der Waals surface area contributed by atoms with Gasteiger partial charge in [-0.3, -0.25) is 0 Å². The van der Waals surface area contributed by atoms with Crippen LogP contribution in [0.4, 0.5) is 0 Å². The van der Waals surface area contributed by atoms with Crippen LogP contribution in [-0.2, 0) is 0 Å². The lowest BCUT2D eigenvalue weighted by Crippen LogP contribution is -2.02. The summed E-state index contributed by atoms with van der Waals surface area (Å²) < 4.78 is 2.42. The molecule has 4 heteroatoms. The summed E-state index contributed by atoms with van der Waals surface area (Å²) in [5.74, 6) is 1.95. The van der Waals surface area contributed by atoms with Crippen molar-refractivity contribution in [3.63, 3.8) is 0 Å². The van der Waals surface area contributed by atoms with Crippen LogP contribution in [0, 0.1) is 0 Å². The van der Waals surface area contributed by atoms with Crippen molar-refractivity contribution in [2.24, 2.45) is 0 Å². The molecular formula is C49H31N3S. The molecule has 0 fully saturated rings. The summed E-state index contributed by atoms with van der Waals surface area (Å²) in [6.45, 7) is 0. The van der Waals surface area contributed by atoms with Crippen LogP contribution in [0.2, 0.25) is 0 Å². The fourth-order valence-corrected chi connectivity index (χ4v) is 8.74. The highest BCUT2D eigenvalue weighted by atomic mass is 32.1. The fourth-order valence-electron chi connectivity index (χ4n) is 7.52. The highest BCUT2D eigenvalue weighted by Crippen LogP contribution is 2.45. The van der Waals surface area contributed by atoms with Crippen LogP contribution >= 0.6 is 11.3 Å². The molecule has 0 radical (unpaired) electrons. The number of hydrogen-bond donors (Lipinski definition) is 0. The molecule has 0 unspecified atom stereocenters. The Morgan fingerprint density at radius 2 is 0.830 bits per heavy atom. The molecule has 0 amide bonds.